The van der Waals surface area contributed by atoms with Gasteiger partial charge in [0.15, 0.2) is 0 Å². The summed E-state index contributed by atoms with van der Waals surface area (Å²) in [5.74, 6) is -0.0113. The quantitative estimate of drug-likeness (QED) is 0.180. The fourth-order valence-electron chi connectivity index (χ4n) is 3.79. The lowest BCUT2D eigenvalue weighted by Crippen LogP contribution is -2.19. The Hall–Kier alpha value is -5.55. The highest BCUT2D eigenvalue weighted by Gasteiger charge is 2.15. The van der Waals surface area contributed by atoms with E-state index in [4.69, 9.17) is 16.1 Å². The Morgan fingerprint density at radius 3 is 2.20 bits per heavy atom. The second-order valence-electron chi connectivity index (χ2n) is 8.73. The summed E-state index contributed by atoms with van der Waals surface area (Å²) in [6.45, 7) is 1.42. The van der Waals surface area contributed by atoms with Crippen molar-refractivity contribution in [2.45, 2.75) is 6.92 Å². The van der Waals surface area contributed by atoms with Crippen LogP contribution in [0.15, 0.2) is 95.8 Å². The fourth-order valence-corrected chi connectivity index (χ4v) is 4.05. The number of hydrogen-bond donors (Lipinski definition) is 4. The van der Waals surface area contributed by atoms with E-state index < -0.39 is 6.03 Å². The monoisotopic (exact) mass is 567 g/mol. The van der Waals surface area contributed by atoms with Gasteiger partial charge < -0.3 is 25.8 Å². The zero-order chi connectivity index (χ0) is 28.8. The van der Waals surface area contributed by atoms with Gasteiger partial charge in [0.05, 0.1) is 10.6 Å². The molecule has 5 rings (SSSR count). The number of hydrogen-bond acceptors (Lipinski definition) is 7. The second-order valence-corrected chi connectivity index (χ2v) is 9.14. The molecule has 2 heterocycles. The Bertz CT molecular complexity index is 1720. The third-order valence-electron chi connectivity index (χ3n) is 5.65. The lowest BCUT2D eigenvalue weighted by molar-refractivity contribution is -0.114. The van der Waals surface area contributed by atoms with E-state index in [1.807, 2.05) is 0 Å². The van der Waals surface area contributed by atoms with Gasteiger partial charge in [0.2, 0.25) is 11.7 Å². The molecule has 0 saturated heterocycles. The van der Waals surface area contributed by atoms with Crippen molar-refractivity contribution in [1.82, 2.24) is 15.1 Å². The van der Waals surface area contributed by atoms with Crippen LogP contribution in [-0.4, -0.2) is 33.0 Å². The molecule has 4 amide bonds. The summed E-state index contributed by atoms with van der Waals surface area (Å²) in [6.07, 6.45) is 3.06. The van der Waals surface area contributed by atoms with E-state index in [0.717, 1.165) is 0 Å². The number of carbonyl (C=O) groups is 3. The number of urea groups is 1. The first kappa shape index (κ1) is 27.0. The lowest BCUT2D eigenvalue weighted by atomic mass is 10.1. The molecule has 0 aliphatic heterocycles. The van der Waals surface area contributed by atoms with Gasteiger partial charge in [-0.1, -0.05) is 22.8 Å². The molecule has 0 bridgehead atoms. The maximum Gasteiger partial charge on any atom is 0.323 e. The molecule has 0 saturated carbocycles. The first-order chi connectivity index (χ1) is 19.8. The highest BCUT2D eigenvalue weighted by molar-refractivity contribution is 6.33. The van der Waals surface area contributed by atoms with Crippen molar-refractivity contribution in [3.63, 3.8) is 0 Å². The SMILES string of the molecule is CC(=O)Nc1ccc(NC(=O)Nc2cccc(-c3nc(-c4ccc(NC(=O)c5cccnc5)cc4Cl)no3)c2)cc1. The normalized spacial score (nSPS) is 10.5. The van der Waals surface area contributed by atoms with Gasteiger partial charge in [0.1, 0.15) is 0 Å². The summed E-state index contributed by atoms with van der Waals surface area (Å²) in [5.41, 5.74) is 3.69. The summed E-state index contributed by atoms with van der Waals surface area (Å²) in [4.78, 5) is 44.5. The highest BCUT2D eigenvalue weighted by atomic mass is 35.5. The van der Waals surface area contributed by atoms with Crippen LogP contribution >= 0.6 is 11.6 Å². The van der Waals surface area contributed by atoms with E-state index in [9.17, 15) is 14.4 Å². The van der Waals surface area contributed by atoms with Crippen LogP contribution in [0.25, 0.3) is 22.8 Å². The van der Waals surface area contributed by atoms with Gasteiger partial charge in [-0.25, -0.2) is 4.79 Å². The lowest BCUT2D eigenvalue weighted by Gasteiger charge is -2.09. The van der Waals surface area contributed by atoms with E-state index in [-0.39, 0.29) is 23.5 Å². The van der Waals surface area contributed by atoms with E-state index in [1.165, 1.54) is 13.1 Å². The maximum absolute atomic E-state index is 12.5. The van der Waals surface area contributed by atoms with Crippen LogP contribution in [0.4, 0.5) is 27.5 Å². The van der Waals surface area contributed by atoms with Gasteiger partial charge in [-0.05, 0) is 72.8 Å². The topological polar surface area (TPSA) is 151 Å². The van der Waals surface area contributed by atoms with E-state index in [1.54, 1.807) is 85.1 Å². The van der Waals surface area contributed by atoms with Crippen LogP contribution in [0, 0.1) is 0 Å². The van der Waals surface area contributed by atoms with Gasteiger partial charge in [0.25, 0.3) is 11.8 Å². The highest BCUT2D eigenvalue weighted by Crippen LogP contribution is 2.31. The second kappa shape index (κ2) is 12.1. The minimum Gasteiger partial charge on any atom is -0.334 e. The van der Waals surface area contributed by atoms with Crippen LogP contribution in [0.1, 0.15) is 17.3 Å². The number of nitrogens with zero attached hydrogens (tertiary/aromatic N) is 3. The number of amides is 4. The molecular formula is C29H22ClN7O4. The number of anilines is 4. The predicted octanol–water partition coefficient (Wildman–Crippen LogP) is 6.31. The summed E-state index contributed by atoms with van der Waals surface area (Å²) in [5, 5.41) is 15.3. The predicted molar refractivity (Wildman–Crippen MR) is 156 cm³/mol. The van der Waals surface area contributed by atoms with Gasteiger partial charge in [0, 0.05) is 53.2 Å². The van der Waals surface area contributed by atoms with Crippen LogP contribution in [0.5, 0.6) is 0 Å². The standard InChI is InChI=1S/C29H22ClN7O4/c1-17(38)32-20-7-9-21(10-8-20)34-29(40)35-22-6-2-4-18(14-22)28-36-26(37-41-28)24-12-11-23(15-25(24)30)33-27(39)19-5-3-13-31-16-19/h2-16H,1H3,(H,32,38)(H,33,39)(H2,34,35,40). The zero-order valence-electron chi connectivity index (χ0n) is 21.5. The van der Waals surface area contributed by atoms with Crippen molar-refractivity contribution >= 4 is 52.2 Å². The van der Waals surface area contributed by atoms with Crippen LogP contribution in [0.2, 0.25) is 5.02 Å². The fraction of sp³-hybridized carbons (Fsp3) is 0.0345. The van der Waals surface area contributed by atoms with E-state index >= 15 is 0 Å². The molecule has 5 aromatic rings. The molecule has 0 radical (unpaired) electrons. The first-order valence-corrected chi connectivity index (χ1v) is 12.6. The Kier molecular flexibility index (Phi) is 7.98. The third-order valence-corrected chi connectivity index (χ3v) is 5.96. The third kappa shape index (κ3) is 6.91. The summed E-state index contributed by atoms with van der Waals surface area (Å²) >= 11 is 6.47. The number of rotatable bonds is 7. The van der Waals surface area contributed by atoms with Crippen molar-refractivity contribution in [3.05, 3.63) is 102 Å². The molecule has 0 fully saturated rings. The largest absolute Gasteiger partial charge is 0.334 e. The van der Waals surface area contributed by atoms with Gasteiger partial charge in [-0.3, -0.25) is 14.6 Å². The zero-order valence-corrected chi connectivity index (χ0v) is 22.3. The number of aromatic nitrogens is 3. The molecule has 3 aromatic carbocycles. The van der Waals surface area contributed by atoms with Gasteiger partial charge in [-0.15, -0.1) is 0 Å². The molecule has 11 nitrogen and oxygen atoms in total. The number of halogens is 1. The van der Waals surface area contributed by atoms with E-state index in [0.29, 0.717) is 44.5 Å². The Morgan fingerprint density at radius 1 is 0.780 bits per heavy atom. The maximum atomic E-state index is 12.5. The molecule has 0 spiro atoms. The Balaban J connectivity index is 1.24. The van der Waals surface area contributed by atoms with Gasteiger partial charge in [-0.2, -0.15) is 4.98 Å². The molecule has 0 aliphatic carbocycles. The minimum absolute atomic E-state index is 0.180. The van der Waals surface area contributed by atoms with Gasteiger partial charge >= 0.3 is 6.03 Å². The van der Waals surface area contributed by atoms with Crippen LogP contribution < -0.4 is 21.3 Å². The van der Waals surface area contributed by atoms with Crippen molar-refractivity contribution in [3.8, 4) is 22.8 Å². The van der Waals surface area contributed by atoms with Crippen LogP contribution in [-0.2, 0) is 4.79 Å². The summed E-state index contributed by atoms with van der Waals surface area (Å²) in [6, 6.07) is 21.5. The number of carbonyl (C=O) groups excluding carboxylic acids is 3. The van der Waals surface area contributed by atoms with Crippen molar-refractivity contribution in [2.24, 2.45) is 0 Å². The molecule has 4 N–H and O–H groups in total. The van der Waals surface area contributed by atoms with Crippen molar-refractivity contribution in [2.75, 3.05) is 21.3 Å². The van der Waals surface area contributed by atoms with E-state index in [2.05, 4.69) is 36.4 Å². The Morgan fingerprint density at radius 2 is 1.49 bits per heavy atom. The number of nitrogens with one attached hydrogen (secondary N) is 4. The molecule has 0 unspecified atom stereocenters. The molecule has 12 heteroatoms. The average molecular weight is 568 g/mol. The Labute approximate surface area is 239 Å². The summed E-state index contributed by atoms with van der Waals surface area (Å²) < 4.78 is 5.45. The van der Waals surface area contributed by atoms with Crippen molar-refractivity contribution in [1.29, 1.82) is 0 Å². The molecule has 204 valence electrons. The molecule has 2 aromatic heterocycles. The summed E-state index contributed by atoms with van der Waals surface area (Å²) in [7, 11) is 0. The average Bonchev–Trinajstić information content (AvgIpc) is 3.45. The number of pyridine rings is 1. The first-order valence-electron chi connectivity index (χ1n) is 12.3. The minimum atomic E-state index is -0.455. The smallest absolute Gasteiger partial charge is 0.323 e. The van der Waals surface area contributed by atoms with Crippen LogP contribution in [0.3, 0.4) is 0 Å². The van der Waals surface area contributed by atoms with Crippen molar-refractivity contribution < 1.29 is 18.9 Å². The molecule has 0 aliphatic rings. The molecular weight excluding hydrogens is 546 g/mol. The number of benzene rings is 3. The molecule has 41 heavy (non-hydrogen) atoms. The molecule has 0 atom stereocenters.